The van der Waals surface area contributed by atoms with Gasteiger partial charge in [-0.3, -0.25) is 9.36 Å². The Hall–Kier alpha value is -3.25. The van der Waals surface area contributed by atoms with Crippen LogP contribution in [0.4, 0.5) is 0 Å². The molecule has 140 valence electrons. The molecule has 0 aliphatic carbocycles. The van der Waals surface area contributed by atoms with Crippen LogP contribution in [0, 0.1) is 6.92 Å². The molecule has 0 bridgehead atoms. The minimum Gasteiger partial charge on any atom is -0.465 e. The molecule has 6 heteroatoms. The molecule has 0 saturated heterocycles. The fourth-order valence-corrected chi connectivity index (χ4v) is 4.22. The number of ether oxygens (including phenoxy) is 1. The Kier molecular flexibility index (Phi) is 4.79. The van der Waals surface area contributed by atoms with E-state index >= 15 is 0 Å². The molecule has 0 atom stereocenters. The van der Waals surface area contributed by atoms with Crippen molar-refractivity contribution in [2.24, 2.45) is 0 Å². The topological polar surface area (TPSA) is 61.2 Å². The van der Waals surface area contributed by atoms with Crippen molar-refractivity contribution in [3.63, 3.8) is 0 Å². The van der Waals surface area contributed by atoms with Gasteiger partial charge in [-0.05, 0) is 36.2 Å². The van der Waals surface area contributed by atoms with Gasteiger partial charge >= 0.3 is 5.97 Å². The van der Waals surface area contributed by atoms with Gasteiger partial charge in [-0.2, -0.15) is 0 Å². The average molecular weight is 390 g/mol. The van der Waals surface area contributed by atoms with Crippen LogP contribution in [0.3, 0.4) is 0 Å². The van der Waals surface area contributed by atoms with Gasteiger partial charge in [0.15, 0.2) is 0 Å². The Labute approximate surface area is 165 Å². The highest BCUT2D eigenvalue weighted by Crippen LogP contribution is 2.31. The van der Waals surface area contributed by atoms with Crippen molar-refractivity contribution in [2.75, 3.05) is 7.11 Å². The number of methoxy groups -OCH3 is 1. The Morgan fingerprint density at radius 3 is 2.64 bits per heavy atom. The molecule has 28 heavy (non-hydrogen) atoms. The molecular formula is C22H18N2O3S. The fourth-order valence-electron chi connectivity index (χ4n) is 3.15. The van der Waals surface area contributed by atoms with Crippen molar-refractivity contribution in [3.8, 4) is 10.4 Å². The highest BCUT2D eigenvalue weighted by atomic mass is 32.1. The van der Waals surface area contributed by atoms with Gasteiger partial charge in [0.25, 0.3) is 5.56 Å². The molecule has 0 fully saturated rings. The average Bonchev–Trinajstić information content (AvgIpc) is 3.15. The number of rotatable bonds is 4. The molecule has 0 aliphatic heterocycles. The van der Waals surface area contributed by atoms with E-state index in [1.807, 2.05) is 49.4 Å². The molecular weight excluding hydrogens is 372 g/mol. The Bertz CT molecular complexity index is 1230. The van der Waals surface area contributed by atoms with E-state index in [0.29, 0.717) is 23.3 Å². The summed E-state index contributed by atoms with van der Waals surface area (Å²) in [6.45, 7) is 2.17. The maximum Gasteiger partial charge on any atom is 0.337 e. The third-order valence-corrected chi connectivity index (χ3v) is 5.67. The number of fused-ring (bicyclic) bond motifs is 1. The van der Waals surface area contributed by atoms with E-state index in [0.717, 1.165) is 20.8 Å². The van der Waals surface area contributed by atoms with Crippen LogP contribution < -0.4 is 5.56 Å². The molecule has 0 aliphatic rings. The molecule has 2 aromatic heterocycles. The summed E-state index contributed by atoms with van der Waals surface area (Å²) in [7, 11) is 1.35. The summed E-state index contributed by atoms with van der Waals surface area (Å²) in [6.07, 6.45) is 0. The van der Waals surface area contributed by atoms with Gasteiger partial charge in [0.2, 0.25) is 0 Å². The van der Waals surface area contributed by atoms with Crippen LogP contribution in [-0.4, -0.2) is 22.6 Å². The van der Waals surface area contributed by atoms with E-state index in [1.54, 1.807) is 22.8 Å². The van der Waals surface area contributed by atoms with Crippen LogP contribution in [0.25, 0.3) is 20.7 Å². The van der Waals surface area contributed by atoms with Gasteiger partial charge in [0.05, 0.1) is 24.6 Å². The van der Waals surface area contributed by atoms with Crippen LogP contribution in [0.2, 0.25) is 0 Å². The molecule has 4 rings (SSSR count). The number of aryl methyl sites for hydroxylation is 1. The summed E-state index contributed by atoms with van der Waals surface area (Å²) in [6, 6.07) is 19.0. The monoisotopic (exact) mass is 390 g/mol. The second kappa shape index (κ2) is 7.40. The first-order chi connectivity index (χ1) is 13.6. The normalized spacial score (nSPS) is 10.9. The number of hydrogen-bond acceptors (Lipinski definition) is 5. The molecule has 5 nitrogen and oxygen atoms in total. The van der Waals surface area contributed by atoms with Crippen molar-refractivity contribution < 1.29 is 9.53 Å². The minimum atomic E-state index is -0.398. The van der Waals surface area contributed by atoms with Crippen molar-refractivity contribution >= 4 is 27.5 Å². The molecule has 0 saturated carbocycles. The number of aromatic nitrogens is 2. The lowest BCUT2D eigenvalue weighted by molar-refractivity contribution is 0.0600. The number of benzene rings is 2. The zero-order valence-corrected chi connectivity index (χ0v) is 16.3. The summed E-state index contributed by atoms with van der Waals surface area (Å²) in [5.74, 6) is 0.243. The quantitative estimate of drug-likeness (QED) is 0.488. The molecule has 0 radical (unpaired) electrons. The van der Waals surface area contributed by atoms with Crippen molar-refractivity contribution in [1.29, 1.82) is 0 Å². The smallest absolute Gasteiger partial charge is 0.337 e. The van der Waals surface area contributed by atoms with E-state index in [9.17, 15) is 9.59 Å². The van der Waals surface area contributed by atoms with E-state index in [1.165, 1.54) is 18.4 Å². The van der Waals surface area contributed by atoms with Gasteiger partial charge in [-0.15, -0.1) is 11.3 Å². The van der Waals surface area contributed by atoms with Crippen molar-refractivity contribution in [3.05, 3.63) is 88.0 Å². The lowest BCUT2D eigenvalue weighted by Crippen LogP contribution is -2.24. The van der Waals surface area contributed by atoms with E-state index in [4.69, 9.17) is 4.74 Å². The molecule has 0 amide bonds. The lowest BCUT2D eigenvalue weighted by atomic mass is 10.1. The second-order valence-electron chi connectivity index (χ2n) is 6.44. The number of hydrogen-bond donors (Lipinski definition) is 0. The Morgan fingerprint density at radius 2 is 1.89 bits per heavy atom. The first kappa shape index (κ1) is 18.1. The maximum atomic E-state index is 13.1. The predicted molar refractivity (Wildman–Crippen MR) is 111 cm³/mol. The van der Waals surface area contributed by atoms with Gasteiger partial charge < -0.3 is 4.74 Å². The third-order valence-electron chi connectivity index (χ3n) is 4.59. The van der Waals surface area contributed by atoms with Crippen LogP contribution in [-0.2, 0) is 11.3 Å². The zero-order valence-electron chi connectivity index (χ0n) is 15.5. The molecule has 4 aromatic rings. The molecule has 0 unspecified atom stereocenters. The lowest BCUT2D eigenvalue weighted by Gasteiger charge is -2.10. The molecule has 0 spiro atoms. The maximum absolute atomic E-state index is 13.1. The van der Waals surface area contributed by atoms with E-state index < -0.39 is 5.97 Å². The molecule has 0 N–H and O–H groups in total. The standard InChI is InChI=1S/C22H18N2O3S/c1-14-23-20-18(12-19(28-20)16-8-4-3-5-9-16)21(25)24(14)13-15-7-6-10-17(11-15)22(26)27-2/h3-12H,13H2,1-2H3. The number of esters is 1. The van der Waals surface area contributed by atoms with E-state index in [-0.39, 0.29) is 5.56 Å². The largest absolute Gasteiger partial charge is 0.465 e. The number of nitrogens with zero attached hydrogens (tertiary/aromatic N) is 2. The third kappa shape index (κ3) is 3.34. The highest BCUT2D eigenvalue weighted by molar-refractivity contribution is 7.21. The Balaban J connectivity index is 1.76. The minimum absolute atomic E-state index is 0.0793. The summed E-state index contributed by atoms with van der Waals surface area (Å²) in [5, 5.41) is 0.610. The zero-order chi connectivity index (χ0) is 19.7. The summed E-state index contributed by atoms with van der Waals surface area (Å²) in [5.41, 5.74) is 2.29. The summed E-state index contributed by atoms with van der Waals surface area (Å²) in [4.78, 5) is 31.3. The first-order valence-corrected chi connectivity index (χ1v) is 9.62. The SMILES string of the molecule is COC(=O)c1cccc(Cn2c(C)nc3sc(-c4ccccc4)cc3c2=O)c1. The summed E-state index contributed by atoms with van der Waals surface area (Å²) < 4.78 is 6.41. The molecule has 2 heterocycles. The second-order valence-corrected chi connectivity index (χ2v) is 7.47. The highest BCUT2D eigenvalue weighted by Gasteiger charge is 2.14. The van der Waals surface area contributed by atoms with Gasteiger partial charge in [0.1, 0.15) is 10.7 Å². The van der Waals surface area contributed by atoms with Crippen LogP contribution in [0.5, 0.6) is 0 Å². The molecule has 2 aromatic carbocycles. The van der Waals surface area contributed by atoms with Gasteiger partial charge in [0, 0.05) is 4.88 Å². The van der Waals surface area contributed by atoms with Gasteiger partial charge in [-0.25, -0.2) is 9.78 Å². The predicted octanol–water partition coefficient (Wildman–Crippen LogP) is 4.27. The fraction of sp³-hybridized carbons (Fsp3) is 0.136. The first-order valence-electron chi connectivity index (χ1n) is 8.80. The Morgan fingerprint density at radius 1 is 1.11 bits per heavy atom. The van der Waals surface area contributed by atoms with E-state index in [2.05, 4.69) is 4.98 Å². The van der Waals surface area contributed by atoms with Crippen molar-refractivity contribution in [1.82, 2.24) is 9.55 Å². The van der Waals surface area contributed by atoms with Gasteiger partial charge in [-0.1, -0.05) is 42.5 Å². The van der Waals surface area contributed by atoms with Crippen LogP contribution in [0.1, 0.15) is 21.7 Å². The van der Waals surface area contributed by atoms with Crippen LogP contribution >= 0.6 is 11.3 Å². The number of thiophene rings is 1. The van der Waals surface area contributed by atoms with Crippen LogP contribution in [0.15, 0.2) is 65.5 Å². The summed E-state index contributed by atoms with van der Waals surface area (Å²) >= 11 is 1.52. The van der Waals surface area contributed by atoms with Crippen molar-refractivity contribution in [2.45, 2.75) is 13.5 Å². The number of carbonyl (C=O) groups is 1. The number of carbonyl (C=O) groups excluding carboxylic acids is 1.